The highest BCUT2D eigenvalue weighted by molar-refractivity contribution is 5.91. The lowest BCUT2D eigenvalue weighted by molar-refractivity contribution is 0.0596. The van der Waals surface area contributed by atoms with Gasteiger partial charge in [-0.05, 0) is 18.6 Å². The molecule has 4 heteroatoms. The summed E-state index contributed by atoms with van der Waals surface area (Å²) in [6.45, 7) is 0. The molecule has 1 atom stereocenters. The number of ether oxygens (including phenoxy) is 2. The summed E-state index contributed by atoms with van der Waals surface area (Å²) in [6.07, 6.45) is 1.20. The predicted molar refractivity (Wildman–Crippen MR) is 54.7 cm³/mol. The lowest BCUT2D eigenvalue weighted by Crippen LogP contribution is -2.31. The smallest absolute Gasteiger partial charge is 0.338 e. The van der Waals surface area contributed by atoms with Gasteiger partial charge in [-0.15, -0.1) is 0 Å². The van der Waals surface area contributed by atoms with Crippen molar-refractivity contribution < 1.29 is 14.3 Å². The number of fused-ring (bicyclic) bond motifs is 1. The van der Waals surface area contributed by atoms with E-state index < -0.39 is 0 Å². The van der Waals surface area contributed by atoms with Gasteiger partial charge in [0.05, 0.1) is 12.7 Å². The Morgan fingerprint density at radius 1 is 1.60 bits per heavy atom. The highest BCUT2D eigenvalue weighted by Gasteiger charge is 2.22. The number of rotatable bonds is 1. The molecular weight excluding hydrogens is 194 g/mol. The SMILES string of the molecule is COC(=O)c1cccc2c1CCC(N)O2. The third kappa shape index (κ3) is 1.80. The standard InChI is InChI=1S/C11H13NO3/c1-14-11(13)8-3-2-4-9-7(8)5-6-10(12)15-9/h2-4,10H,5-6,12H2,1H3. The van der Waals surface area contributed by atoms with E-state index in [4.69, 9.17) is 15.2 Å². The monoisotopic (exact) mass is 207 g/mol. The van der Waals surface area contributed by atoms with Crippen LogP contribution in [-0.2, 0) is 11.2 Å². The lowest BCUT2D eigenvalue weighted by Gasteiger charge is -2.24. The van der Waals surface area contributed by atoms with E-state index in [9.17, 15) is 4.79 Å². The average molecular weight is 207 g/mol. The second kappa shape index (κ2) is 3.90. The average Bonchev–Trinajstić information content (AvgIpc) is 2.26. The van der Waals surface area contributed by atoms with E-state index >= 15 is 0 Å². The minimum absolute atomic E-state index is 0.273. The topological polar surface area (TPSA) is 61.5 Å². The first kappa shape index (κ1) is 9.98. The van der Waals surface area contributed by atoms with Gasteiger partial charge in [0, 0.05) is 12.0 Å². The van der Waals surface area contributed by atoms with Gasteiger partial charge in [-0.2, -0.15) is 0 Å². The Hall–Kier alpha value is -1.55. The van der Waals surface area contributed by atoms with Crippen LogP contribution < -0.4 is 10.5 Å². The third-order valence-electron chi connectivity index (χ3n) is 2.50. The van der Waals surface area contributed by atoms with Gasteiger partial charge in [-0.3, -0.25) is 5.73 Å². The maximum atomic E-state index is 11.5. The minimum Gasteiger partial charge on any atom is -0.475 e. The summed E-state index contributed by atoms with van der Waals surface area (Å²) in [7, 11) is 1.37. The number of hydrogen-bond donors (Lipinski definition) is 1. The molecule has 0 amide bonds. The van der Waals surface area contributed by atoms with Crippen LogP contribution in [0.1, 0.15) is 22.3 Å². The zero-order valence-electron chi connectivity index (χ0n) is 8.53. The van der Waals surface area contributed by atoms with Crippen molar-refractivity contribution in [2.24, 2.45) is 5.73 Å². The molecule has 0 fully saturated rings. The van der Waals surface area contributed by atoms with E-state index in [-0.39, 0.29) is 12.2 Å². The highest BCUT2D eigenvalue weighted by atomic mass is 16.5. The van der Waals surface area contributed by atoms with Crippen LogP contribution in [-0.4, -0.2) is 19.3 Å². The van der Waals surface area contributed by atoms with Gasteiger partial charge in [0.15, 0.2) is 0 Å². The Morgan fingerprint density at radius 2 is 2.40 bits per heavy atom. The largest absolute Gasteiger partial charge is 0.475 e. The molecule has 1 unspecified atom stereocenters. The molecule has 0 saturated heterocycles. The fourth-order valence-corrected chi connectivity index (χ4v) is 1.74. The number of methoxy groups -OCH3 is 1. The van der Waals surface area contributed by atoms with Crippen molar-refractivity contribution in [1.82, 2.24) is 0 Å². The van der Waals surface area contributed by atoms with Crippen LogP contribution in [0.2, 0.25) is 0 Å². The van der Waals surface area contributed by atoms with Gasteiger partial charge in [0.1, 0.15) is 12.0 Å². The quantitative estimate of drug-likeness (QED) is 0.700. The maximum absolute atomic E-state index is 11.5. The van der Waals surface area contributed by atoms with Crippen LogP contribution in [0, 0.1) is 0 Å². The van der Waals surface area contributed by atoms with Gasteiger partial charge in [-0.25, -0.2) is 4.79 Å². The fraction of sp³-hybridized carbons (Fsp3) is 0.364. The van der Waals surface area contributed by atoms with Crippen molar-refractivity contribution in [3.8, 4) is 5.75 Å². The zero-order valence-corrected chi connectivity index (χ0v) is 8.53. The zero-order chi connectivity index (χ0) is 10.8. The van der Waals surface area contributed by atoms with Crippen LogP contribution in [0.25, 0.3) is 0 Å². The summed E-state index contributed by atoms with van der Waals surface area (Å²) in [5, 5.41) is 0. The predicted octanol–water partition coefficient (Wildman–Crippen LogP) is 1.08. The number of carbonyl (C=O) groups is 1. The van der Waals surface area contributed by atoms with Crippen LogP contribution in [0.15, 0.2) is 18.2 Å². The Balaban J connectivity index is 2.42. The summed E-state index contributed by atoms with van der Waals surface area (Å²) in [5.74, 6) is 0.363. The van der Waals surface area contributed by atoms with Crippen LogP contribution in [0.5, 0.6) is 5.75 Å². The summed E-state index contributed by atoms with van der Waals surface area (Å²) < 4.78 is 10.1. The van der Waals surface area contributed by atoms with Crippen molar-refractivity contribution in [1.29, 1.82) is 0 Å². The molecule has 0 bridgehead atoms. The van der Waals surface area contributed by atoms with Gasteiger partial charge >= 0.3 is 5.97 Å². The molecule has 1 aromatic rings. The number of esters is 1. The molecule has 0 aliphatic carbocycles. The molecule has 0 aromatic heterocycles. The summed E-state index contributed by atoms with van der Waals surface area (Å²) >= 11 is 0. The maximum Gasteiger partial charge on any atom is 0.338 e. The summed E-state index contributed by atoms with van der Waals surface area (Å²) in [5.41, 5.74) is 7.14. The molecule has 0 radical (unpaired) electrons. The van der Waals surface area contributed by atoms with E-state index in [0.717, 1.165) is 18.4 Å². The van der Waals surface area contributed by atoms with Crippen LogP contribution >= 0.6 is 0 Å². The molecule has 1 aromatic carbocycles. The van der Waals surface area contributed by atoms with E-state index in [1.54, 1.807) is 12.1 Å². The van der Waals surface area contributed by atoms with Gasteiger partial charge < -0.3 is 9.47 Å². The summed E-state index contributed by atoms with van der Waals surface area (Å²) in [4.78, 5) is 11.5. The van der Waals surface area contributed by atoms with Crippen LogP contribution in [0.3, 0.4) is 0 Å². The number of hydrogen-bond acceptors (Lipinski definition) is 4. The lowest BCUT2D eigenvalue weighted by atomic mass is 9.99. The third-order valence-corrected chi connectivity index (χ3v) is 2.50. The minimum atomic E-state index is -0.328. The van der Waals surface area contributed by atoms with E-state index in [2.05, 4.69) is 0 Å². The molecule has 1 heterocycles. The molecule has 1 aliphatic heterocycles. The van der Waals surface area contributed by atoms with Crippen molar-refractivity contribution >= 4 is 5.97 Å². The second-order valence-electron chi connectivity index (χ2n) is 3.47. The molecule has 80 valence electrons. The molecule has 15 heavy (non-hydrogen) atoms. The second-order valence-corrected chi connectivity index (χ2v) is 3.47. The number of carbonyl (C=O) groups excluding carboxylic acids is 1. The van der Waals surface area contributed by atoms with E-state index in [1.165, 1.54) is 7.11 Å². The van der Waals surface area contributed by atoms with E-state index in [1.807, 2.05) is 6.07 Å². The summed E-state index contributed by atoms with van der Waals surface area (Å²) in [6, 6.07) is 5.33. The molecule has 1 aliphatic rings. The molecule has 0 saturated carbocycles. The molecule has 2 rings (SSSR count). The Labute approximate surface area is 88.0 Å². The number of nitrogens with two attached hydrogens (primary N) is 1. The van der Waals surface area contributed by atoms with Crippen molar-refractivity contribution in [2.75, 3.05) is 7.11 Å². The van der Waals surface area contributed by atoms with Gasteiger partial charge in [0.25, 0.3) is 0 Å². The Kier molecular flexibility index (Phi) is 2.60. The molecule has 2 N–H and O–H groups in total. The van der Waals surface area contributed by atoms with E-state index in [0.29, 0.717) is 11.3 Å². The Bertz CT molecular complexity index is 389. The van der Waals surface area contributed by atoms with Crippen molar-refractivity contribution in [3.05, 3.63) is 29.3 Å². The molecule has 4 nitrogen and oxygen atoms in total. The first-order chi connectivity index (χ1) is 7.22. The Morgan fingerprint density at radius 3 is 3.13 bits per heavy atom. The van der Waals surface area contributed by atoms with Crippen LogP contribution in [0.4, 0.5) is 0 Å². The van der Waals surface area contributed by atoms with Gasteiger partial charge in [-0.1, -0.05) is 6.07 Å². The molecule has 0 spiro atoms. The number of benzene rings is 1. The highest BCUT2D eigenvalue weighted by Crippen LogP contribution is 2.29. The first-order valence-corrected chi connectivity index (χ1v) is 4.85. The first-order valence-electron chi connectivity index (χ1n) is 4.85. The van der Waals surface area contributed by atoms with Crippen molar-refractivity contribution in [3.63, 3.8) is 0 Å². The van der Waals surface area contributed by atoms with Gasteiger partial charge in [0.2, 0.25) is 0 Å². The van der Waals surface area contributed by atoms with Crippen molar-refractivity contribution in [2.45, 2.75) is 19.1 Å². The molecular formula is C11H13NO3. The normalized spacial score (nSPS) is 18.9. The fourth-order valence-electron chi connectivity index (χ4n) is 1.74.